The third kappa shape index (κ3) is 6.33. The van der Waals surface area contributed by atoms with Gasteiger partial charge in [-0.3, -0.25) is 0 Å². The molecule has 342 valence electrons. The Kier molecular flexibility index (Phi) is 9.27. The third-order valence-electron chi connectivity index (χ3n) is 15.5. The van der Waals surface area contributed by atoms with E-state index in [0.29, 0.717) is 5.82 Å². The number of para-hydroxylation sites is 1. The maximum absolute atomic E-state index is 7.09. The van der Waals surface area contributed by atoms with Gasteiger partial charge in [-0.25, -0.2) is 9.97 Å². The van der Waals surface area contributed by atoms with Gasteiger partial charge in [-0.15, -0.1) is 0 Å². The average Bonchev–Trinajstić information content (AvgIpc) is 4.15. The molecule has 0 amide bonds. The van der Waals surface area contributed by atoms with Crippen LogP contribution in [0.1, 0.15) is 39.9 Å². The zero-order valence-corrected chi connectivity index (χ0v) is 39.8. The number of hydrogen-bond acceptors (Lipinski definition) is 3. The van der Waals surface area contributed by atoms with Gasteiger partial charge in [0.1, 0.15) is 11.2 Å². The molecule has 2 aliphatic carbocycles. The zero-order chi connectivity index (χ0) is 48.0. The van der Waals surface area contributed by atoms with E-state index in [1.807, 2.05) is 0 Å². The van der Waals surface area contributed by atoms with E-state index in [0.717, 1.165) is 90.7 Å². The fraction of sp³-hybridized carbons (Fsp3) is 0.0435. The molecular weight excluding hydrogens is 887 g/mol. The van der Waals surface area contributed by atoms with E-state index in [1.165, 1.54) is 55.3 Å². The monoisotopic (exact) mass is 931 g/mol. The van der Waals surface area contributed by atoms with Crippen LogP contribution in [0.2, 0.25) is 0 Å². The number of benzene rings is 10. The number of aromatic nitrogens is 3. The summed E-state index contributed by atoms with van der Waals surface area (Å²) >= 11 is 0. The van der Waals surface area contributed by atoms with Gasteiger partial charge in [0.2, 0.25) is 0 Å². The second-order valence-corrected chi connectivity index (χ2v) is 19.5. The molecule has 0 aliphatic heterocycles. The second kappa shape index (κ2) is 16.3. The Balaban J connectivity index is 0.940. The van der Waals surface area contributed by atoms with Crippen molar-refractivity contribution in [2.75, 3.05) is 0 Å². The summed E-state index contributed by atoms with van der Waals surface area (Å²) in [5.41, 5.74) is 21.7. The summed E-state index contributed by atoms with van der Waals surface area (Å²) in [6, 6.07) is 85.9. The van der Waals surface area contributed by atoms with E-state index in [-0.39, 0.29) is 0 Å². The van der Waals surface area contributed by atoms with E-state index in [2.05, 4.69) is 253 Å². The predicted octanol–water partition coefficient (Wildman–Crippen LogP) is 17.5. The molecule has 73 heavy (non-hydrogen) atoms. The van der Waals surface area contributed by atoms with Crippen LogP contribution in [0.3, 0.4) is 0 Å². The molecule has 15 rings (SSSR count). The molecule has 3 aromatic heterocycles. The summed E-state index contributed by atoms with van der Waals surface area (Å²) in [5, 5.41) is 4.45. The zero-order valence-electron chi connectivity index (χ0n) is 39.8. The first-order valence-electron chi connectivity index (χ1n) is 25.3. The van der Waals surface area contributed by atoms with Crippen molar-refractivity contribution < 1.29 is 4.42 Å². The lowest BCUT2D eigenvalue weighted by atomic mass is 9.67. The van der Waals surface area contributed by atoms with E-state index in [4.69, 9.17) is 14.4 Å². The third-order valence-corrected chi connectivity index (χ3v) is 15.5. The molecule has 3 heterocycles. The highest BCUT2D eigenvalue weighted by molar-refractivity contribution is 6.15. The van der Waals surface area contributed by atoms with Crippen molar-refractivity contribution in [3.63, 3.8) is 0 Å². The number of furan rings is 1. The highest BCUT2D eigenvalue weighted by atomic mass is 16.3. The number of aryl methyl sites for hydroxylation is 1. The summed E-state index contributed by atoms with van der Waals surface area (Å²) in [5.74, 6) is 0.698. The maximum Gasteiger partial charge on any atom is 0.160 e. The smallest absolute Gasteiger partial charge is 0.160 e. The van der Waals surface area contributed by atoms with Gasteiger partial charge >= 0.3 is 0 Å². The molecular formula is C69H45N3O. The first-order valence-corrected chi connectivity index (χ1v) is 25.3. The van der Waals surface area contributed by atoms with Gasteiger partial charge in [0, 0.05) is 50.0 Å². The fourth-order valence-electron chi connectivity index (χ4n) is 12.3. The first kappa shape index (κ1) is 41.4. The van der Waals surface area contributed by atoms with Gasteiger partial charge < -0.3 is 8.98 Å². The topological polar surface area (TPSA) is 43.9 Å². The van der Waals surface area contributed by atoms with Crippen LogP contribution in [-0.2, 0) is 11.8 Å². The Morgan fingerprint density at radius 3 is 1.82 bits per heavy atom. The van der Waals surface area contributed by atoms with Crippen molar-refractivity contribution >= 4 is 49.8 Å². The summed E-state index contributed by atoms with van der Waals surface area (Å²) in [6.45, 7) is 0. The lowest BCUT2D eigenvalue weighted by Gasteiger charge is -2.33. The van der Waals surface area contributed by atoms with E-state index in [1.54, 1.807) is 0 Å². The number of fused-ring (bicyclic) bond motifs is 10. The quantitative estimate of drug-likeness (QED) is 0.160. The lowest BCUT2D eigenvalue weighted by molar-refractivity contribution is 0.669. The standard InChI is InChI=1S/C69H45N3O/c1-5-19-44(20-6-1)46-33-35-47(36-34-46)67-54-29-14-17-31-61(54)70-68(71-67)58-39-48(45-21-7-2-8-22-45)40-65-66(58)55-38-37-51(41-64(55)73-65)72-62-32-18-15-28-53(62)57-42-60-56(43-63(57)72)52-27-13-16-30-59(52)69(60,49-23-9-3-10-24-49)50-25-11-4-12-26-50/h1-16,18-30,32-43H,17,31H2. The normalized spacial score (nSPS) is 13.4. The maximum atomic E-state index is 7.09. The van der Waals surface area contributed by atoms with Gasteiger partial charge in [-0.2, -0.15) is 0 Å². The molecule has 0 spiro atoms. The Labute approximate surface area is 422 Å². The Hall–Kier alpha value is -9.38. The molecule has 2 aliphatic rings. The Bertz CT molecular complexity index is 4300. The molecule has 13 aromatic rings. The molecule has 0 fully saturated rings. The highest BCUT2D eigenvalue weighted by Crippen LogP contribution is 2.57. The Morgan fingerprint density at radius 1 is 0.425 bits per heavy atom. The molecule has 0 saturated heterocycles. The molecule has 0 radical (unpaired) electrons. The fourth-order valence-corrected chi connectivity index (χ4v) is 12.3. The summed E-state index contributed by atoms with van der Waals surface area (Å²) in [6.07, 6.45) is 6.24. The molecule has 0 bridgehead atoms. The minimum atomic E-state index is -0.498. The lowest BCUT2D eigenvalue weighted by Crippen LogP contribution is -2.28. The van der Waals surface area contributed by atoms with Crippen LogP contribution in [0, 0.1) is 0 Å². The molecule has 10 aromatic carbocycles. The molecule has 4 heteroatoms. The van der Waals surface area contributed by atoms with Gasteiger partial charge in [0.15, 0.2) is 5.82 Å². The number of nitrogens with zero attached hydrogens (tertiary/aromatic N) is 3. The molecule has 0 saturated carbocycles. The first-order chi connectivity index (χ1) is 36.2. The van der Waals surface area contributed by atoms with E-state index < -0.39 is 5.41 Å². The van der Waals surface area contributed by atoms with Crippen LogP contribution in [0.25, 0.3) is 112 Å². The summed E-state index contributed by atoms with van der Waals surface area (Å²) in [7, 11) is 0. The van der Waals surface area contributed by atoms with Crippen molar-refractivity contribution in [3.8, 4) is 61.7 Å². The van der Waals surface area contributed by atoms with Gasteiger partial charge in [0.05, 0.1) is 27.8 Å². The predicted molar refractivity (Wildman–Crippen MR) is 300 cm³/mol. The molecule has 0 atom stereocenters. The molecule has 0 N–H and O–H groups in total. The van der Waals surface area contributed by atoms with E-state index in [9.17, 15) is 0 Å². The average molecular weight is 932 g/mol. The van der Waals surface area contributed by atoms with Crippen molar-refractivity contribution in [3.05, 3.63) is 276 Å². The summed E-state index contributed by atoms with van der Waals surface area (Å²) < 4.78 is 9.52. The van der Waals surface area contributed by atoms with Crippen molar-refractivity contribution in [1.29, 1.82) is 0 Å². The van der Waals surface area contributed by atoms with Crippen LogP contribution in [0.4, 0.5) is 0 Å². The number of allylic oxidation sites excluding steroid dienone is 1. The van der Waals surface area contributed by atoms with E-state index >= 15 is 0 Å². The van der Waals surface area contributed by atoms with Crippen LogP contribution in [0.15, 0.2) is 247 Å². The van der Waals surface area contributed by atoms with Crippen LogP contribution in [-0.4, -0.2) is 14.5 Å². The Morgan fingerprint density at radius 2 is 1.07 bits per heavy atom. The minimum Gasteiger partial charge on any atom is -0.456 e. The van der Waals surface area contributed by atoms with Crippen LogP contribution >= 0.6 is 0 Å². The summed E-state index contributed by atoms with van der Waals surface area (Å²) in [4.78, 5) is 10.9. The highest BCUT2D eigenvalue weighted by Gasteiger charge is 2.46. The second-order valence-electron chi connectivity index (χ2n) is 19.5. The van der Waals surface area contributed by atoms with Crippen molar-refractivity contribution in [1.82, 2.24) is 14.5 Å². The van der Waals surface area contributed by atoms with Crippen molar-refractivity contribution in [2.45, 2.75) is 18.3 Å². The van der Waals surface area contributed by atoms with Crippen LogP contribution in [0.5, 0.6) is 0 Å². The van der Waals surface area contributed by atoms with Crippen LogP contribution < -0.4 is 0 Å². The SMILES string of the molecule is C1=Cc2c(nc(-c3cc(-c4ccccc4)cc4oc5cc(-n6c7ccccc7c7cc8c(cc76)-c6ccccc6C8(c6ccccc6)c6ccccc6)ccc5c34)nc2-c2ccc(-c3ccccc3)cc2)CC1. The molecule has 0 unspecified atom stereocenters. The minimum absolute atomic E-state index is 0.498. The number of rotatable bonds is 7. The van der Waals surface area contributed by atoms with Gasteiger partial charge in [0.25, 0.3) is 0 Å². The van der Waals surface area contributed by atoms with Gasteiger partial charge in [-0.05, 0) is 111 Å². The van der Waals surface area contributed by atoms with Gasteiger partial charge in [-0.1, -0.05) is 200 Å². The number of hydrogen-bond donors (Lipinski definition) is 0. The van der Waals surface area contributed by atoms with Crippen molar-refractivity contribution in [2.24, 2.45) is 0 Å². The molecule has 4 nitrogen and oxygen atoms in total. The largest absolute Gasteiger partial charge is 0.456 e.